The third-order valence-corrected chi connectivity index (χ3v) is 7.61. The normalized spacial score (nSPS) is 13.5. The van der Waals surface area contributed by atoms with Gasteiger partial charge >= 0.3 is 5.97 Å². The number of esters is 1. The lowest BCUT2D eigenvalue weighted by Gasteiger charge is -2.18. The van der Waals surface area contributed by atoms with Crippen molar-refractivity contribution in [1.82, 2.24) is 4.98 Å². The number of aromatic amines is 1. The number of nitrogens with one attached hydrogen (secondary N) is 1. The average Bonchev–Trinajstić information content (AvgIpc) is 3.32. The predicted octanol–water partition coefficient (Wildman–Crippen LogP) is 3.54. The van der Waals surface area contributed by atoms with Gasteiger partial charge in [0, 0.05) is 28.7 Å². The number of hydrogen-bond donors (Lipinski definition) is 1. The topological polar surface area (TPSA) is 96.5 Å². The number of ether oxygens (including phenoxy) is 1. The number of aromatic nitrogens is 1. The van der Waals surface area contributed by atoms with Crippen molar-refractivity contribution in [2.24, 2.45) is 0 Å². The highest BCUT2D eigenvalue weighted by Gasteiger charge is 2.28. The molecular weight excluding hydrogens is 416 g/mol. The van der Waals surface area contributed by atoms with Gasteiger partial charge in [-0.2, -0.15) is 0 Å². The fourth-order valence-electron chi connectivity index (χ4n) is 3.88. The molecule has 3 aromatic rings. The summed E-state index contributed by atoms with van der Waals surface area (Å²) in [5, 5.41) is 0.948. The maximum Gasteiger partial charge on any atom is 0.338 e. The molecule has 0 bridgehead atoms. The monoisotopic (exact) mass is 440 g/mol. The predicted molar refractivity (Wildman–Crippen MR) is 119 cm³/mol. The highest BCUT2D eigenvalue weighted by molar-refractivity contribution is 7.92. The molecule has 1 aliphatic rings. The molecule has 2 aromatic carbocycles. The fraction of sp³-hybridized carbons (Fsp3) is 0.304. The number of carbonyl (C=O) groups excluding carboxylic acids is 2. The number of sulfonamides is 1. The van der Waals surface area contributed by atoms with Crippen molar-refractivity contribution in [2.75, 3.05) is 23.2 Å². The number of fused-ring (bicyclic) bond motifs is 2. The molecule has 31 heavy (non-hydrogen) atoms. The van der Waals surface area contributed by atoms with E-state index in [1.165, 1.54) is 4.31 Å². The third-order valence-electron chi connectivity index (χ3n) is 5.83. The highest BCUT2D eigenvalue weighted by Crippen LogP contribution is 2.31. The Labute approximate surface area is 181 Å². The van der Waals surface area contributed by atoms with Crippen molar-refractivity contribution in [2.45, 2.75) is 27.2 Å². The van der Waals surface area contributed by atoms with Crippen LogP contribution in [-0.2, 0) is 21.2 Å². The average molecular weight is 441 g/mol. The third kappa shape index (κ3) is 3.83. The van der Waals surface area contributed by atoms with Crippen molar-refractivity contribution in [3.05, 3.63) is 64.3 Å². The molecule has 0 fully saturated rings. The molecule has 0 saturated carbocycles. The van der Waals surface area contributed by atoms with E-state index in [0.717, 1.165) is 27.7 Å². The van der Waals surface area contributed by atoms with E-state index in [1.807, 2.05) is 19.9 Å². The number of H-pyrrole nitrogens is 1. The minimum absolute atomic E-state index is 0.0245. The van der Waals surface area contributed by atoms with Crippen LogP contribution in [0.2, 0.25) is 0 Å². The van der Waals surface area contributed by atoms with Crippen LogP contribution in [0.5, 0.6) is 0 Å². The maximum absolute atomic E-state index is 12.6. The molecule has 2 heterocycles. The van der Waals surface area contributed by atoms with E-state index >= 15 is 0 Å². The summed E-state index contributed by atoms with van der Waals surface area (Å²) < 4.78 is 31.0. The van der Waals surface area contributed by atoms with E-state index < -0.39 is 16.0 Å². The van der Waals surface area contributed by atoms with Crippen LogP contribution in [-0.4, -0.2) is 44.1 Å². The number of ketones is 1. The number of rotatable bonds is 6. The number of Topliss-reactive ketones (excluding diaryl/α,β-unsaturated/α-hetero) is 1. The van der Waals surface area contributed by atoms with Crippen molar-refractivity contribution in [3.63, 3.8) is 0 Å². The number of hydrogen-bond acceptors (Lipinski definition) is 5. The van der Waals surface area contributed by atoms with E-state index in [0.29, 0.717) is 29.8 Å². The minimum atomic E-state index is -3.34. The van der Waals surface area contributed by atoms with Gasteiger partial charge in [-0.05, 0) is 74.7 Å². The molecule has 1 N–H and O–H groups in total. The van der Waals surface area contributed by atoms with Gasteiger partial charge in [0.2, 0.25) is 10.0 Å². The van der Waals surface area contributed by atoms with E-state index in [2.05, 4.69) is 4.98 Å². The zero-order valence-electron chi connectivity index (χ0n) is 17.7. The summed E-state index contributed by atoms with van der Waals surface area (Å²) in [6, 6.07) is 10.2. The Hall–Kier alpha value is -3.13. The van der Waals surface area contributed by atoms with Gasteiger partial charge in [0.15, 0.2) is 12.4 Å². The van der Waals surface area contributed by atoms with Gasteiger partial charge in [-0.1, -0.05) is 0 Å². The first-order chi connectivity index (χ1) is 14.7. The molecule has 4 rings (SSSR count). The maximum atomic E-state index is 12.6. The summed E-state index contributed by atoms with van der Waals surface area (Å²) in [6.45, 7) is 5.55. The quantitative estimate of drug-likeness (QED) is 0.467. The van der Waals surface area contributed by atoms with Crippen LogP contribution in [0.1, 0.15) is 44.5 Å². The summed E-state index contributed by atoms with van der Waals surface area (Å²) in [6.07, 6.45) is 0.547. The van der Waals surface area contributed by atoms with Crippen LogP contribution in [0.15, 0.2) is 36.4 Å². The Bertz CT molecular complexity index is 1310. The van der Waals surface area contributed by atoms with Gasteiger partial charge in [-0.3, -0.25) is 9.10 Å². The second-order valence-corrected chi connectivity index (χ2v) is 9.88. The first-order valence-corrected chi connectivity index (χ1v) is 11.7. The van der Waals surface area contributed by atoms with Gasteiger partial charge in [-0.25, -0.2) is 13.2 Å². The standard InChI is InChI=1S/C23H24N2O5S/c1-4-31(28,29)25-10-9-16-11-17(6-8-21(16)25)22(26)13-30-23(27)18-5-7-20-19(12-18)14(2)15(3)24-20/h5-8,11-12,24H,4,9-10,13H2,1-3H3. The fourth-order valence-corrected chi connectivity index (χ4v) is 5.03. The lowest BCUT2D eigenvalue weighted by molar-refractivity contribution is 0.0475. The molecule has 1 aromatic heterocycles. The molecule has 8 heteroatoms. The summed E-state index contributed by atoms with van der Waals surface area (Å²) in [4.78, 5) is 28.3. The second kappa shape index (κ2) is 7.85. The lowest BCUT2D eigenvalue weighted by Crippen LogP contribution is -2.30. The summed E-state index contributed by atoms with van der Waals surface area (Å²) in [5.41, 5.74) is 5.25. The Morgan fingerprint density at radius 1 is 1.10 bits per heavy atom. The number of anilines is 1. The van der Waals surface area contributed by atoms with E-state index in [4.69, 9.17) is 4.74 Å². The molecule has 1 aliphatic heterocycles. The lowest BCUT2D eigenvalue weighted by atomic mass is 10.1. The first-order valence-electron chi connectivity index (χ1n) is 10.1. The van der Waals surface area contributed by atoms with Crippen molar-refractivity contribution in [1.29, 1.82) is 0 Å². The molecule has 0 aliphatic carbocycles. The SMILES string of the molecule is CCS(=O)(=O)N1CCc2cc(C(=O)COC(=O)c3ccc4[nH]c(C)c(C)c4c3)ccc21. The molecule has 7 nitrogen and oxygen atoms in total. The molecule has 0 atom stereocenters. The van der Waals surface area contributed by atoms with Crippen LogP contribution in [0.4, 0.5) is 5.69 Å². The molecule has 0 saturated heterocycles. The summed E-state index contributed by atoms with van der Waals surface area (Å²) in [5.74, 6) is -0.867. The molecule has 162 valence electrons. The number of aryl methyl sites for hydroxylation is 2. The van der Waals surface area contributed by atoms with Gasteiger partial charge < -0.3 is 9.72 Å². The summed E-state index contributed by atoms with van der Waals surface area (Å²) in [7, 11) is -3.34. The van der Waals surface area contributed by atoms with E-state index in [-0.39, 0.29) is 18.1 Å². The van der Waals surface area contributed by atoms with Crippen molar-refractivity contribution < 1.29 is 22.7 Å². The van der Waals surface area contributed by atoms with Gasteiger partial charge in [0.1, 0.15) is 0 Å². The van der Waals surface area contributed by atoms with Gasteiger partial charge in [0.25, 0.3) is 0 Å². The minimum Gasteiger partial charge on any atom is -0.454 e. The Balaban J connectivity index is 1.46. The Morgan fingerprint density at radius 3 is 2.58 bits per heavy atom. The smallest absolute Gasteiger partial charge is 0.338 e. The highest BCUT2D eigenvalue weighted by atomic mass is 32.2. The molecule has 0 amide bonds. The second-order valence-electron chi connectivity index (χ2n) is 7.70. The largest absolute Gasteiger partial charge is 0.454 e. The van der Waals surface area contributed by atoms with Crippen LogP contribution >= 0.6 is 0 Å². The summed E-state index contributed by atoms with van der Waals surface area (Å²) >= 11 is 0. The van der Waals surface area contributed by atoms with Crippen molar-refractivity contribution in [3.8, 4) is 0 Å². The Morgan fingerprint density at radius 2 is 1.84 bits per heavy atom. The van der Waals surface area contributed by atoms with Crippen LogP contribution in [0.3, 0.4) is 0 Å². The van der Waals surface area contributed by atoms with E-state index in [9.17, 15) is 18.0 Å². The van der Waals surface area contributed by atoms with Crippen LogP contribution < -0.4 is 4.31 Å². The van der Waals surface area contributed by atoms with Crippen LogP contribution in [0, 0.1) is 13.8 Å². The van der Waals surface area contributed by atoms with Gasteiger partial charge in [0.05, 0.1) is 17.0 Å². The van der Waals surface area contributed by atoms with Gasteiger partial charge in [-0.15, -0.1) is 0 Å². The van der Waals surface area contributed by atoms with E-state index in [1.54, 1.807) is 37.3 Å². The number of nitrogens with zero attached hydrogens (tertiary/aromatic N) is 1. The molecule has 0 radical (unpaired) electrons. The zero-order chi connectivity index (χ0) is 22.3. The molecular formula is C23H24N2O5S. The molecule has 0 spiro atoms. The molecule has 0 unspecified atom stereocenters. The first kappa shape index (κ1) is 21.1. The van der Waals surface area contributed by atoms with Crippen molar-refractivity contribution >= 4 is 38.4 Å². The zero-order valence-corrected chi connectivity index (χ0v) is 18.5. The number of benzene rings is 2. The number of carbonyl (C=O) groups is 2. The van der Waals surface area contributed by atoms with Crippen LogP contribution in [0.25, 0.3) is 10.9 Å². The Kier molecular flexibility index (Phi) is 5.35.